The van der Waals surface area contributed by atoms with Crippen LogP contribution in [0.3, 0.4) is 0 Å². The molecule has 11 heteroatoms. The molecule has 0 unspecified atom stereocenters. The number of benzene rings is 3. The number of rotatable bonds is 7. The van der Waals surface area contributed by atoms with Gasteiger partial charge in [0.15, 0.2) is 6.61 Å². The summed E-state index contributed by atoms with van der Waals surface area (Å²) < 4.78 is 6.45. The first-order valence-corrected chi connectivity index (χ1v) is 13.1. The third kappa shape index (κ3) is 6.44. The van der Waals surface area contributed by atoms with E-state index in [0.717, 1.165) is 21.1 Å². The molecule has 3 amide bonds. The summed E-state index contributed by atoms with van der Waals surface area (Å²) in [6.45, 7) is -0.272. The standard InChI is InChI=1S/C25H16BrCl3N2O4S/c26-16-6-8-21(35-13-23(32)30-20-4-2-1-3-18(20)28)15(9-16)10-22-24(33)31(25(34)36-22)12-14-5-7-17(27)11-19(14)29/h1-11H,12-13H2,(H,30,32)/b22-10-. The average Bonchev–Trinajstić information content (AvgIpc) is 3.09. The molecule has 0 aromatic heterocycles. The summed E-state index contributed by atoms with van der Waals surface area (Å²) in [5, 5.41) is 3.49. The minimum atomic E-state index is -0.460. The maximum absolute atomic E-state index is 13.0. The van der Waals surface area contributed by atoms with Crippen molar-refractivity contribution in [3.8, 4) is 5.75 Å². The van der Waals surface area contributed by atoms with E-state index in [4.69, 9.17) is 39.5 Å². The average molecular weight is 627 g/mol. The lowest BCUT2D eigenvalue weighted by atomic mass is 10.1. The fraction of sp³-hybridized carbons (Fsp3) is 0.0800. The zero-order valence-corrected chi connectivity index (χ0v) is 22.9. The number of imide groups is 1. The van der Waals surface area contributed by atoms with Gasteiger partial charge in [0, 0.05) is 20.1 Å². The van der Waals surface area contributed by atoms with Crippen LogP contribution in [0.25, 0.3) is 6.08 Å². The van der Waals surface area contributed by atoms with Crippen LogP contribution in [0.5, 0.6) is 5.75 Å². The van der Waals surface area contributed by atoms with E-state index in [1.807, 2.05) is 0 Å². The number of carbonyl (C=O) groups excluding carboxylic acids is 3. The lowest BCUT2D eigenvalue weighted by molar-refractivity contribution is -0.123. The molecular formula is C25H16BrCl3N2O4S. The number of para-hydroxylation sites is 1. The number of nitrogens with one attached hydrogen (secondary N) is 1. The van der Waals surface area contributed by atoms with E-state index in [1.54, 1.807) is 66.7 Å². The highest BCUT2D eigenvalue weighted by molar-refractivity contribution is 9.10. The predicted molar refractivity (Wildman–Crippen MR) is 148 cm³/mol. The van der Waals surface area contributed by atoms with E-state index in [-0.39, 0.29) is 18.1 Å². The van der Waals surface area contributed by atoms with Crippen molar-refractivity contribution in [2.75, 3.05) is 11.9 Å². The van der Waals surface area contributed by atoms with Crippen LogP contribution in [0.1, 0.15) is 11.1 Å². The van der Waals surface area contributed by atoms with E-state index < -0.39 is 17.1 Å². The second kappa shape index (κ2) is 11.7. The molecule has 36 heavy (non-hydrogen) atoms. The maximum Gasteiger partial charge on any atom is 0.293 e. The topological polar surface area (TPSA) is 75.7 Å². The molecule has 0 bridgehead atoms. The zero-order chi connectivity index (χ0) is 25.8. The summed E-state index contributed by atoms with van der Waals surface area (Å²) in [4.78, 5) is 39.3. The van der Waals surface area contributed by atoms with Crippen molar-refractivity contribution in [1.29, 1.82) is 0 Å². The van der Waals surface area contributed by atoms with Gasteiger partial charge in [0.25, 0.3) is 17.1 Å². The van der Waals surface area contributed by atoms with Crippen molar-refractivity contribution in [3.05, 3.63) is 96.2 Å². The molecule has 1 aliphatic rings. The summed E-state index contributed by atoms with van der Waals surface area (Å²) >= 11 is 22.4. The third-order valence-electron chi connectivity index (χ3n) is 4.98. The van der Waals surface area contributed by atoms with Gasteiger partial charge in [-0.15, -0.1) is 0 Å². The first-order chi connectivity index (χ1) is 17.2. The fourth-order valence-corrected chi connectivity index (χ4v) is 5.11. The SMILES string of the molecule is O=C(COc1ccc(Br)cc1/C=C1\SC(=O)N(Cc2ccc(Cl)cc2Cl)C1=O)Nc1ccccc1Cl. The Labute approximate surface area is 234 Å². The van der Waals surface area contributed by atoms with Gasteiger partial charge in [-0.3, -0.25) is 19.3 Å². The van der Waals surface area contributed by atoms with Crippen LogP contribution < -0.4 is 10.1 Å². The van der Waals surface area contributed by atoms with Crippen molar-refractivity contribution < 1.29 is 19.1 Å². The first-order valence-electron chi connectivity index (χ1n) is 10.4. The van der Waals surface area contributed by atoms with Gasteiger partial charge in [-0.05, 0) is 65.9 Å². The maximum atomic E-state index is 13.0. The van der Waals surface area contributed by atoms with Crippen molar-refractivity contribution >= 4 is 91.3 Å². The number of halogens is 4. The number of amides is 3. The van der Waals surface area contributed by atoms with Gasteiger partial charge in [-0.2, -0.15) is 0 Å². The van der Waals surface area contributed by atoms with Crippen LogP contribution in [0, 0.1) is 0 Å². The second-order valence-electron chi connectivity index (χ2n) is 7.50. The highest BCUT2D eigenvalue weighted by atomic mass is 79.9. The van der Waals surface area contributed by atoms with E-state index in [2.05, 4.69) is 21.2 Å². The number of anilines is 1. The van der Waals surface area contributed by atoms with E-state index in [9.17, 15) is 14.4 Å². The fourth-order valence-electron chi connectivity index (χ4n) is 3.25. The van der Waals surface area contributed by atoms with E-state index >= 15 is 0 Å². The van der Waals surface area contributed by atoms with Gasteiger partial charge in [0.2, 0.25) is 0 Å². The predicted octanol–water partition coefficient (Wildman–Crippen LogP) is 7.66. The van der Waals surface area contributed by atoms with Gasteiger partial charge in [0.1, 0.15) is 5.75 Å². The van der Waals surface area contributed by atoms with Gasteiger partial charge in [-0.1, -0.05) is 68.9 Å². The van der Waals surface area contributed by atoms with Crippen LogP contribution in [0.4, 0.5) is 10.5 Å². The summed E-state index contributed by atoms with van der Waals surface area (Å²) in [6.07, 6.45) is 1.56. The summed E-state index contributed by atoms with van der Waals surface area (Å²) in [6, 6.07) is 16.9. The molecule has 3 aromatic carbocycles. The number of ether oxygens (including phenoxy) is 1. The molecule has 1 saturated heterocycles. The lowest BCUT2D eigenvalue weighted by Gasteiger charge is -2.14. The monoisotopic (exact) mass is 624 g/mol. The van der Waals surface area contributed by atoms with Gasteiger partial charge in [0.05, 0.1) is 22.2 Å². The molecule has 1 fully saturated rings. The molecular weight excluding hydrogens is 611 g/mol. The Hall–Kier alpha value is -2.49. The summed E-state index contributed by atoms with van der Waals surface area (Å²) in [7, 11) is 0. The third-order valence-corrected chi connectivity index (χ3v) is 7.30. The lowest BCUT2D eigenvalue weighted by Crippen LogP contribution is -2.27. The number of hydrogen-bond donors (Lipinski definition) is 1. The van der Waals surface area contributed by atoms with E-state index in [0.29, 0.717) is 37.6 Å². The number of carbonyl (C=O) groups is 3. The molecule has 1 heterocycles. The molecule has 1 N–H and O–H groups in total. The number of nitrogens with zero attached hydrogens (tertiary/aromatic N) is 1. The van der Waals surface area contributed by atoms with Crippen molar-refractivity contribution in [1.82, 2.24) is 4.90 Å². The largest absolute Gasteiger partial charge is 0.483 e. The molecule has 0 radical (unpaired) electrons. The minimum absolute atomic E-state index is 0.0159. The minimum Gasteiger partial charge on any atom is -0.483 e. The van der Waals surface area contributed by atoms with Crippen LogP contribution in [-0.4, -0.2) is 28.6 Å². The first kappa shape index (κ1) is 26.6. The summed E-state index contributed by atoms with van der Waals surface area (Å²) in [5.41, 5.74) is 1.59. The number of hydrogen-bond acceptors (Lipinski definition) is 5. The smallest absolute Gasteiger partial charge is 0.293 e. The van der Waals surface area contributed by atoms with Gasteiger partial charge < -0.3 is 10.1 Å². The Morgan fingerprint density at radius 3 is 2.56 bits per heavy atom. The highest BCUT2D eigenvalue weighted by Crippen LogP contribution is 2.36. The zero-order valence-electron chi connectivity index (χ0n) is 18.3. The van der Waals surface area contributed by atoms with Gasteiger partial charge in [-0.25, -0.2) is 0 Å². The van der Waals surface area contributed by atoms with Crippen molar-refractivity contribution in [2.45, 2.75) is 6.54 Å². The van der Waals surface area contributed by atoms with Crippen molar-refractivity contribution in [2.24, 2.45) is 0 Å². The molecule has 6 nitrogen and oxygen atoms in total. The molecule has 4 rings (SSSR count). The Kier molecular flexibility index (Phi) is 8.64. The summed E-state index contributed by atoms with van der Waals surface area (Å²) in [5.74, 6) is -0.504. The van der Waals surface area contributed by atoms with Crippen LogP contribution in [0.2, 0.25) is 15.1 Å². The highest BCUT2D eigenvalue weighted by Gasteiger charge is 2.35. The molecule has 1 aliphatic heterocycles. The molecule has 0 aliphatic carbocycles. The van der Waals surface area contributed by atoms with Crippen LogP contribution >= 0.6 is 62.5 Å². The molecule has 184 valence electrons. The van der Waals surface area contributed by atoms with Crippen LogP contribution in [-0.2, 0) is 16.1 Å². The normalized spacial score (nSPS) is 14.4. The Morgan fingerprint density at radius 1 is 1.03 bits per heavy atom. The Bertz CT molecular complexity index is 1400. The van der Waals surface area contributed by atoms with Crippen LogP contribution in [0.15, 0.2) is 70.0 Å². The van der Waals surface area contributed by atoms with Crippen molar-refractivity contribution in [3.63, 3.8) is 0 Å². The Balaban J connectivity index is 1.49. The second-order valence-corrected chi connectivity index (χ2v) is 10.7. The molecule has 3 aromatic rings. The van der Waals surface area contributed by atoms with E-state index in [1.165, 1.54) is 0 Å². The number of thioether (sulfide) groups is 1. The van der Waals surface area contributed by atoms with Gasteiger partial charge >= 0.3 is 0 Å². The molecule has 0 spiro atoms. The quantitative estimate of drug-likeness (QED) is 0.273. The Morgan fingerprint density at radius 2 is 1.81 bits per heavy atom. The molecule has 0 atom stereocenters. The molecule has 0 saturated carbocycles.